The SMILES string of the molecule is COc1ncccc1-c1cc(C(C)=O)ccc1N1CCOCC1. The van der Waals surface area contributed by atoms with E-state index in [1.165, 1.54) is 0 Å². The van der Waals surface area contributed by atoms with Crippen LogP contribution in [0.1, 0.15) is 17.3 Å². The average Bonchev–Trinajstić information content (AvgIpc) is 2.62. The Hall–Kier alpha value is -2.40. The van der Waals surface area contributed by atoms with Gasteiger partial charge in [-0.15, -0.1) is 0 Å². The molecule has 0 amide bonds. The van der Waals surface area contributed by atoms with Gasteiger partial charge in [0.25, 0.3) is 0 Å². The first-order valence-electron chi connectivity index (χ1n) is 7.68. The lowest BCUT2D eigenvalue weighted by Gasteiger charge is -2.31. The third-order valence-corrected chi connectivity index (χ3v) is 4.01. The first-order valence-corrected chi connectivity index (χ1v) is 7.68. The summed E-state index contributed by atoms with van der Waals surface area (Å²) in [6.45, 7) is 4.65. The summed E-state index contributed by atoms with van der Waals surface area (Å²) in [6, 6.07) is 9.65. The number of anilines is 1. The fourth-order valence-corrected chi connectivity index (χ4v) is 2.81. The van der Waals surface area contributed by atoms with Crippen molar-refractivity contribution >= 4 is 11.5 Å². The second-order valence-corrected chi connectivity index (χ2v) is 5.45. The molecule has 5 heteroatoms. The fraction of sp³-hybridized carbons (Fsp3) is 0.333. The molecule has 0 unspecified atom stereocenters. The standard InChI is InChI=1S/C18H20N2O3/c1-13(21)14-5-6-17(20-8-10-23-11-9-20)16(12-14)15-4-3-7-19-18(15)22-2/h3-7,12H,8-11H2,1-2H3. The van der Waals surface area contributed by atoms with E-state index < -0.39 is 0 Å². The van der Waals surface area contributed by atoms with E-state index in [0.717, 1.165) is 29.9 Å². The number of benzene rings is 1. The van der Waals surface area contributed by atoms with Gasteiger partial charge in [-0.1, -0.05) is 0 Å². The second kappa shape index (κ2) is 6.79. The number of aromatic nitrogens is 1. The molecule has 1 saturated heterocycles. The van der Waals surface area contributed by atoms with Crippen molar-refractivity contribution in [3.63, 3.8) is 0 Å². The van der Waals surface area contributed by atoms with Crippen molar-refractivity contribution in [2.75, 3.05) is 38.3 Å². The molecular formula is C18H20N2O3. The molecule has 0 atom stereocenters. The van der Waals surface area contributed by atoms with Crippen LogP contribution in [0.5, 0.6) is 5.88 Å². The van der Waals surface area contributed by atoms with Gasteiger partial charge in [-0.25, -0.2) is 4.98 Å². The van der Waals surface area contributed by atoms with Crippen LogP contribution in [0.4, 0.5) is 5.69 Å². The molecule has 3 rings (SSSR count). The first-order chi connectivity index (χ1) is 11.2. The van der Waals surface area contributed by atoms with Gasteiger partial charge < -0.3 is 14.4 Å². The van der Waals surface area contributed by atoms with E-state index in [4.69, 9.17) is 9.47 Å². The van der Waals surface area contributed by atoms with Crippen LogP contribution in [0.3, 0.4) is 0 Å². The van der Waals surface area contributed by atoms with Gasteiger partial charge in [0.05, 0.1) is 20.3 Å². The maximum Gasteiger partial charge on any atom is 0.221 e. The highest BCUT2D eigenvalue weighted by Crippen LogP contribution is 2.36. The summed E-state index contributed by atoms with van der Waals surface area (Å²) >= 11 is 0. The Labute approximate surface area is 135 Å². The molecule has 0 spiro atoms. The topological polar surface area (TPSA) is 51.7 Å². The van der Waals surface area contributed by atoms with Crippen LogP contribution in [0.2, 0.25) is 0 Å². The molecule has 0 saturated carbocycles. The second-order valence-electron chi connectivity index (χ2n) is 5.45. The molecule has 0 N–H and O–H groups in total. The number of ether oxygens (including phenoxy) is 2. The summed E-state index contributed by atoms with van der Waals surface area (Å²) in [4.78, 5) is 18.3. The molecule has 1 aromatic heterocycles. The number of nitrogens with zero attached hydrogens (tertiary/aromatic N) is 2. The largest absolute Gasteiger partial charge is 0.481 e. The number of Topliss-reactive ketones (excluding diaryl/α,β-unsaturated/α-hetero) is 1. The number of morpholine rings is 1. The Morgan fingerprint density at radius 2 is 2.00 bits per heavy atom. The molecular weight excluding hydrogens is 292 g/mol. The Morgan fingerprint density at radius 3 is 2.70 bits per heavy atom. The van der Waals surface area contributed by atoms with E-state index in [1.54, 1.807) is 20.2 Å². The zero-order valence-electron chi connectivity index (χ0n) is 13.4. The number of carbonyl (C=O) groups excluding carboxylic acids is 1. The summed E-state index contributed by atoms with van der Waals surface area (Å²) in [5.41, 5.74) is 3.61. The monoisotopic (exact) mass is 312 g/mol. The Bertz CT molecular complexity index is 709. The van der Waals surface area contributed by atoms with Crippen molar-refractivity contribution in [1.29, 1.82) is 0 Å². The third-order valence-electron chi connectivity index (χ3n) is 4.01. The maximum atomic E-state index is 11.8. The van der Waals surface area contributed by atoms with Gasteiger partial charge in [0.15, 0.2) is 5.78 Å². The van der Waals surface area contributed by atoms with Crippen LogP contribution in [-0.2, 0) is 4.74 Å². The smallest absolute Gasteiger partial charge is 0.221 e. The molecule has 1 fully saturated rings. The summed E-state index contributed by atoms with van der Waals surface area (Å²) < 4.78 is 10.8. The number of ketones is 1. The van der Waals surface area contributed by atoms with Crippen LogP contribution in [0.25, 0.3) is 11.1 Å². The van der Waals surface area contributed by atoms with Crippen LogP contribution >= 0.6 is 0 Å². The van der Waals surface area contributed by atoms with Crippen molar-refractivity contribution in [3.8, 4) is 17.0 Å². The lowest BCUT2D eigenvalue weighted by atomic mass is 9.99. The number of pyridine rings is 1. The summed E-state index contributed by atoms with van der Waals surface area (Å²) in [7, 11) is 1.61. The zero-order chi connectivity index (χ0) is 16.2. The highest BCUT2D eigenvalue weighted by atomic mass is 16.5. The van der Waals surface area contributed by atoms with Gasteiger partial charge in [0.2, 0.25) is 5.88 Å². The third kappa shape index (κ3) is 3.19. The molecule has 2 heterocycles. The molecule has 0 radical (unpaired) electrons. The normalized spacial score (nSPS) is 14.6. The average molecular weight is 312 g/mol. The predicted molar refractivity (Wildman–Crippen MR) is 89.3 cm³/mol. The number of hydrogen-bond acceptors (Lipinski definition) is 5. The van der Waals surface area contributed by atoms with Crippen molar-refractivity contribution in [1.82, 2.24) is 4.98 Å². The van der Waals surface area contributed by atoms with E-state index >= 15 is 0 Å². The number of hydrogen-bond donors (Lipinski definition) is 0. The Morgan fingerprint density at radius 1 is 1.22 bits per heavy atom. The van der Waals surface area contributed by atoms with Crippen molar-refractivity contribution in [3.05, 3.63) is 42.1 Å². The van der Waals surface area contributed by atoms with Crippen LogP contribution in [0, 0.1) is 0 Å². The van der Waals surface area contributed by atoms with Crippen LogP contribution in [-0.4, -0.2) is 44.2 Å². The van der Waals surface area contributed by atoms with Gasteiger partial charge in [-0.2, -0.15) is 0 Å². The highest BCUT2D eigenvalue weighted by Gasteiger charge is 2.19. The quantitative estimate of drug-likeness (QED) is 0.813. The molecule has 2 aromatic rings. The molecule has 1 aliphatic rings. The molecule has 0 bridgehead atoms. The van der Waals surface area contributed by atoms with Crippen LogP contribution < -0.4 is 9.64 Å². The van der Waals surface area contributed by atoms with Gasteiger partial charge >= 0.3 is 0 Å². The maximum absolute atomic E-state index is 11.8. The molecule has 5 nitrogen and oxygen atoms in total. The van der Waals surface area contributed by atoms with E-state index in [9.17, 15) is 4.79 Å². The Balaban J connectivity index is 2.14. The summed E-state index contributed by atoms with van der Waals surface area (Å²) in [5, 5.41) is 0. The van der Waals surface area contributed by atoms with E-state index in [1.807, 2.05) is 30.3 Å². The number of methoxy groups -OCH3 is 1. The van der Waals surface area contributed by atoms with Gasteiger partial charge in [0, 0.05) is 41.7 Å². The molecule has 0 aliphatic carbocycles. The minimum atomic E-state index is 0.0441. The molecule has 23 heavy (non-hydrogen) atoms. The lowest BCUT2D eigenvalue weighted by Crippen LogP contribution is -2.36. The van der Waals surface area contributed by atoms with Crippen molar-refractivity contribution in [2.24, 2.45) is 0 Å². The van der Waals surface area contributed by atoms with Gasteiger partial charge in [-0.3, -0.25) is 4.79 Å². The number of carbonyl (C=O) groups is 1. The highest BCUT2D eigenvalue weighted by molar-refractivity contribution is 5.97. The molecule has 1 aliphatic heterocycles. The predicted octanol–water partition coefficient (Wildman–Crippen LogP) is 2.80. The van der Waals surface area contributed by atoms with Gasteiger partial charge in [-0.05, 0) is 37.3 Å². The summed E-state index contributed by atoms with van der Waals surface area (Å²) in [5.74, 6) is 0.602. The van der Waals surface area contributed by atoms with E-state index in [-0.39, 0.29) is 5.78 Å². The minimum Gasteiger partial charge on any atom is -0.481 e. The Kier molecular flexibility index (Phi) is 4.57. The zero-order valence-corrected chi connectivity index (χ0v) is 13.4. The minimum absolute atomic E-state index is 0.0441. The fourth-order valence-electron chi connectivity index (χ4n) is 2.81. The lowest BCUT2D eigenvalue weighted by molar-refractivity contribution is 0.101. The van der Waals surface area contributed by atoms with Crippen LogP contribution in [0.15, 0.2) is 36.5 Å². The van der Waals surface area contributed by atoms with Gasteiger partial charge in [0.1, 0.15) is 0 Å². The molecule has 1 aromatic carbocycles. The van der Waals surface area contributed by atoms with Crippen molar-refractivity contribution in [2.45, 2.75) is 6.92 Å². The van der Waals surface area contributed by atoms with E-state index in [2.05, 4.69) is 9.88 Å². The summed E-state index contributed by atoms with van der Waals surface area (Å²) in [6.07, 6.45) is 1.70. The molecule has 120 valence electrons. The first kappa shape index (κ1) is 15.5. The van der Waals surface area contributed by atoms with Crippen molar-refractivity contribution < 1.29 is 14.3 Å². The van der Waals surface area contributed by atoms with E-state index in [0.29, 0.717) is 24.7 Å². The number of rotatable bonds is 4.